The van der Waals surface area contributed by atoms with Gasteiger partial charge in [-0.1, -0.05) is 6.07 Å². The van der Waals surface area contributed by atoms with Crippen LogP contribution in [0.2, 0.25) is 0 Å². The van der Waals surface area contributed by atoms with Gasteiger partial charge in [0.2, 0.25) is 5.91 Å². The lowest BCUT2D eigenvalue weighted by atomic mass is 10.0. The van der Waals surface area contributed by atoms with Crippen molar-refractivity contribution in [3.8, 4) is 5.75 Å². The fourth-order valence-corrected chi connectivity index (χ4v) is 3.46. The van der Waals surface area contributed by atoms with Crippen LogP contribution in [-0.2, 0) is 15.3 Å². The number of hydrogen-bond donors (Lipinski definition) is 1. The van der Waals surface area contributed by atoms with E-state index in [1.165, 1.54) is 38.1 Å². The molecular weight excluding hydrogens is 396 g/mol. The Kier molecular flexibility index (Phi) is 7.60. The summed E-state index contributed by atoms with van der Waals surface area (Å²) in [4.78, 5) is 34.7. The summed E-state index contributed by atoms with van der Waals surface area (Å²) < 4.78 is 9.75. The number of hydrogen-bond acceptors (Lipinski definition) is 7. The Bertz CT molecular complexity index is 945. The van der Waals surface area contributed by atoms with E-state index in [-0.39, 0.29) is 23.1 Å². The number of ether oxygens (including phenoxy) is 2. The van der Waals surface area contributed by atoms with Gasteiger partial charge in [0, 0.05) is 17.5 Å². The van der Waals surface area contributed by atoms with Gasteiger partial charge in [0.15, 0.2) is 5.75 Å². The topological polar surface area (TPSA) is 108 Å². The van der Waals surface area contributed by atoms with Crippen molar-refractivity contribution in [3.63, 3.8) is 0 Å². The average molecular weight is 418 g/mol. The van der Waals surface area contributed by atoms with Gasteiger partial charge in [-0.25, -0.2) is 4.79 Å². The number of nitro benzene ring substituents is 1. The van der Waals surface area contributed by atoms with E-state index in [1.807, 2.05) is 13.8 Å². The fourth-order valence-electron chi connectivity index (χ4n) is 2.68. The normalized spacial score (nSPS) is 10.3. The number of carbonyl (C=O) groups is 2. The van der Waals surface area contributed by atoms with Gasteiger partial charge >= 0.3 is 11.7 Å². The van der Waals surface area contributed by atoms with Crippen LogP contribution in [0, 0.1) is 24.0 Å². The average Bonchev–Trinajstić information content (AvgIpc) is 2.69. The van der Waals surface area contributed by atoms with E-state index in [4.69, 9.17) is 9.47 Å². The summed E-state index contributed by atoms with van der Waals surface area (Å²) >= 11 is 1.32. The Labute approximate surface area is 172 Å². The van der Waals surface area contributed by atoms with E-state index >= 15 is 0 Å². The lowest BCUT2D eigenvalue weighted by Crippen LogP contribution is -2.15. The smallest absolute Gasteiger partial charge is 0.338 e. The van der Waals surface area contributed by atoms with Crippen molar-refractivity contribution in [2.45, 2.75) is 19.6 Å². The highest BCUT2D eigenvalue weighted by atomic mass is 32.2. The molecule has 8 nitrogen and oxygen atoms in total. The number of anilines is 1. The maximum Gasteiger partial charge on any atom is 0.338 e. The third-order valence-corrected chi connectivity index (χ3v) is 5.30. The minimum Gasteiger partial charge on any atom is -0.490 e. The molecule has 0 saturated heterocycles. The number of carbonyl (C=O) groups excluding carboxylic acids is 2. The van der Waals surface area contributed by atoms with Crippen LogP contribution in [0.15, 0.2) is 30.3 Å². The predicted octanol–water partition coefficient (Wildman–Crippen LogP) is 3.88. The number of nitrogens with zero attached hydrogens (tertiary/aromatic N) is 1. The predicted molar refractivity (Wildman–Crippen MR) is 112 cm³/mol. The molecule has 154 valence electrons. The van der Waals surface area contributed by atoms with Crippen LogP contribution >= 0.6 is 11.8 Å². The van der Waals surface area contributed by atoms with E-state index in [0.717, 1.165) is 16.7 Å². The molecule has 0 saturated carbocycles. The molecule has 0 spiro atoms. The summed E-state index contributed by atoms with van der Waals surface area (Å²) in [6.45, 7) is 3.67. The van der Waals surface area contributed by atoms with Crippen LogP contribution in [0.5, 0.6) is 5.75 Å². The minimum absolute atomic E-state index is 0.111. The first-order chi connectivity index (χ1) is 13.8. The lowest BCUT2D eigenvalue weighted by molar-refractivity contribution is -0.385. The van der Waals surface area contributed by atoms with Crippen molar-refractivity contribution in [1.29, 1.82) is 0 Å². The molecule has 0 aliphatic heterocycles. The molecule has 0 aromatic heterocycles. The molecule has 9 heteroatoms. The largest absolute Gasteiger partial charge is 0.490 e. The monoisotopic (exact) mass is 418 g/mol. The lowest BCUT2D eigenvalue weighted by Gasteiger charge is -2.12. The molecule has 0 atom stereocenters. The summed E-state index contributed by atoms with van der Waals surface area (Å²) in [6, 6.07) is 8.08. The van der Waals surface area contributed by atoms with Crippen molar-refractivity contribution >= 4 is 35.0 Å². The molecule has 2 rings (SSSR count). The van der Waals surface area contributed by atoms with Gasteiger partial charge in [-0.2, -0.15) is 0 Å². The number of aryl methyl sites for hydroxylation is 1. The Hall–Kier alpha value is -3.07. The number of benzene rings is 2. The second-order valence-corrected chi connectivity index (χ2v) is 7.25. The number of methoxy groups -OCH3 is 2. The fraction of sp³-hybridized carbons (Fsp3) is 0.300. The molecule has 0 aliphatic carbocycles. The molecule has 29 heavy (non-hydrogen) atoms. The van der Waals surface area contributed by atoms with E-state index in [1.54, 1.807) is 18.2 Å². The molecule has 2 aromatic carbocycles. The van der Waals surface area contributed by atoms with Crippen LogP contribution in [-0.4, -0.2) is 36.8 Å². The highest BCUT2D eigenvalue weighted by Crippen LogP contribution is 2.29. The first kappa shape index (κ1) is 22.2. The van der Waals surface area contributed by atoms with E-state index in [2.05, 4.69) is 5.32 Å². The molecular formula is C20H22N2O6S. The van der Waals surface area contributed by atoms with Gasteiger partial charge in [-0.3, -0.25) is 14.9 Å². The molecule has 2 aromatic rings. The standard InChI is InChI=1S/C20H22N2O6S/c1-12-7-15(9-16(13(12)2)20(24)28-4)21-19(23)11-29-10-14-5-6-18(27-3)17(8-14)22(25)26/h5-9H,10-11H2,1-4H3,(H,21,23). The third kappa shape index (κ3) is 5.71. The third-order valence-electron chi connectivity index (χ3n) is 4.30. The number of esters is 1. The number of amides is 1. The number of nitrogens with one attached hydrogen (secondary N) is 1. The van der Waals surface area contributed by atoms with Crippen molar-refractivity contribution in [3.05, 3.63) is 62.7 Å². The molecule has 0 heterocycles. The summed E-state index contributed by atoms with van der Waals surface area (Å²) in [7, 11) is 2.68. The van der Waals surface area contributed by atoms with Gasteiger partial charge in [-0.05, 0) is 48.7 Å². The first-order valence-corrected chi connectivity index (χ1v) is 9.80. The van der Waals surface area contributed by atoms with E-state index in [9.17, 15) is 19.7 Å². The highest BCUT2D eigenvalue weighted by molar-refractivity contribution is 7.99. The maximum atomic E-state index is 12.2. The second-order valence-electron chi connectivity index (χ2n) is 6.26. The zero-order chi connectivity index (χ0) is 21.6. The van der Waals surface area contributed by atoms with Gasteiger partial charge in [-0.15, -0.1) is 11.8 Å². The van der Waals surface area contributed by atoms with Crippen LogP contribution < -0.4 is 10.1 Å². The molecule has 0 radical (unpaired) electrons. The Morgan fingerprint density at radius 3 is 2.52 bits per heavy atom. The zero-order valence-corrected chi connectivity index (χ0v) is 17.4. The van der Waals surface area contributed by atoms with Crippen LogP contribution in [0.25, 0.3) is 0 Å². The first-order valence-electron chi connectivity index (χ1n) is 8.65. The second kappa shape index (κ2) is 9.92. The van der Waals surface area contributed by atoms with Gasteiger partial charge < -0.3 is 14.8 Å². The Morgan fingerprint density at radius 1 is 1.17 bits per heavy atom. The van der Waals surface area contributed by atoms with E-state index < -0.39 is 10.9 Å². The van der Waals surface area contributed by atoms with E-state index in [0.29, 0.717) is 17.0 Å². The minimum atomic E-state index is -0.502. The number of rotatable bonds is 8. The molecule has 1 amide bonds. The van der Waals surface area contributed by atoms with Gasteiger partial charge in [0.05, 0.1) is 30.5 Å². The zero-order valence-electron chi connectivity index (χ0n) is 16.6. The molecule has 0 fully saturated rings. The Balaban J connectivity index is 1.99. The number of nitro groups is 1. The molecule has 0 unspecified atom stereocenters. The van der Waals surface area contributed by atoms with Gasteiger partial charge in [0.25, 0.3) is 0 Å². The van der Waals surface area contributed by atoms with Crippen molar-refractivity contribution in [2.75, 3.05) is 25.3 Å². The van der Waals surface area contributed by atoms with Crippen LogP contribution in [0.4, 0.5) is 11.4 Å². The summed E-state index contributed by atoms with van der Waals surface area (Å²) in [5, 5.41) is 13.9. The summed E-state index contributed by atoms with van der Waals surface area (Å²) in [5.41, 5.74) is 3.18. The summed E-state index contributed by atoms with van der Waals surface area (Å²) in [6.07, 6.45) is 0. The van der Waals surface area contributed by atoms with Crippen LogP contribution in [0.1, 0.15) is 27.0 Å². The quantitative estimate of drug-likeness (QED) is 0.394. The van der Waals surface area contributed by atoms with Crippen molar-refractivity contribution < 1.29 is 24.0 Å². The SMILES string of the molecule is COC(=O)c1cc(NC(=O)CSCc2ccc(OC)c([N+](=O)[O-])c2)cc(C)c1C. The number of thioether (sulfide) groups is 1. The van der Waals surface area contributed by atoms with Crippen molar-refractivity contribution in [1.82, 2.24) is 0 Å². The van der Waals surface area contributed by atoms with Gasteiger partial charge in [0.1, 0.15) is 0 Å². The summed E-state index contributed by atoms with van der Waals surface area (Å²) in [5.74, 6) is 0.0747. The molecule has 0 bridgehead atoms. The van der Waals surface area contributed by atoms with Crippen molar-refractivity contribution in [2.24, 2.45) is 0 Å². The van der Waals surface area contributed by atoms with Crippen LogP contribution in [0.3, 0.4) is 0 Å². The Morgan fingerprint density at radius 2 is 1.90 bits per heavy atom. The highest BCUT2D eigenvalue weighted by Gasteiger charge is 2.16. The molecule has 0 aliphatic rings. The maximum absolute atomic E-state index is 12.2. The molecule has 1 N–H and O–H groups in total.